The number of hydrogen-bond acceptors (Lipinski definition) is 4. The molecule has 16 heavy (non-hydrogen) atoms. The van der Waals surface area contributed by atoms with Crippen LogP contribution in [0.1, 0.15) is 35.8 Å². The van der Waals surface area contributed by atoms with Gasteiger partial charge < -0.3 is 10.5 Å². The van der Waals surface area contributed by atoms with Crippen molar-refractivity contribution < 1.29 is 4.74 Å². The van der Waals surface area contributed by atoms with Crippen molar-refractivity contribution in [3.8, 4) is 0 Å². The summed E-state index contributed by atoms with van der Waals surface area (Å²) in [5.74, 6) is 2.49. The van der Waals surface area contributed by atoms with E-state index in [1.165, 1.54) is 35.6 Å². The Hall–Kier alpha value is -0.520. The molecule has 1 aromatic rings. The summed E-state index contributed by atoms with van der Waals surface area (Å²) in [6.45, 7) is 1.94. The van der Waals surface area contributed by atoms with Crippen molar-refractivity contribution in [1.82, 2.24) is 9.78 Å². The summed E-state index contributed by atoms with van der Waals surface area (Å²) < 4.78 is 7.59. The minimum absolute atomic E-state index is 0.561. The lowest BCUT2D eigenvalue weighted by atomic mass is 10.1. The van der Waals surface area contributed by atoms with Crippen LogP contribution in [0.15, 0.2) is 0 Å². The summed E-state index contributed by atoms with van der Waals surface area (Å²) in [6.07, 6.45) is 2.44. The predicted octanol–water partition coefficient (Wildman–Crippen LogP) is 1.44. The van der Waals surface area contributed by atoms with E-state index in [1.54, 1.807) is 0 Å². The van der Waals surface area contributed by atoms with Gasteiger partial charge in [0, 0.05) is 12.1 Å². The van der Waals surface area contributed by atoms with Crippen LogP contribution in [0, 0.1) is 0 Å². The van der Waals surface area contributed by atoms with Crippen molar-refractivity contribution in [3.05, 3.63) is 17.0 Å². The van der Waals surface area contributed by atoms with Crippen LogP contribution in [-0.4, -0.2) is 21.3 Å². The van der Waals surface area contributed by atoms with Crippen LogP contribution in [0.2, 0.25) is 0 Å². The molecule has 2 aliphatic rings. The van der Waals surface area contributed by atoms with Gasteiger partial charge in [-0.25, -0.2) is 0 Å². The molecule has 1 aromatic heterocycles. The fourth-order valence-electron chi connectivity index (χ4n) is 2.54. The second-order valence-electron chi connectivity index (χ2n) is 4.36. The monoisotopic (exact) mass is 239 g/mol. The highest BCUT2D eigenvalue weighted by Gasteiger charge is 2.26. The van der Waals surface area contributed by atoms with E-state index in [0.29, 0.717) is 25.8 Å². The van der Waals surface area contributed by atoms with Crippen molar-refractivity contribution in [2.75, 3.05) is 11.5 Å². The van der Waals surface area contributed by atoms with Crippen molar-refractivity contribution in [2.24, 2.45) is 5.73 Å². The third kappa shape index (κ3) is 1.67. The molecular formula is C11H17N3OS. The van der Waals surface area contributed by atoms with E-state index in [0.717, 1.165) is 5.69 Å². The number of rotatable bonds is 2. The maximum Gasteiger partial charge on any atom is 0.0940 e. The van der Waals surface area contributed by atoms with E-state index < -0.39 is 0 Å². The van der Waals surface area contributed by atoms with Gasteiger partial charge in [0.2, 0.25) is 0 Å². The summed E-state index contributed by atoms with van der Waals surface area (Å²) in [5.41, 5.74) is 9.41. The minimum Gasteiger partial charge on any atom is -0.370 e. The fourth-order valence-corrected chi connectivity index (χ4v) is 3.62. The Morgan fingerprint density at radius 3 is 2.94 bits per heavy atom. The van der Waals surface area contributed by atoms with Crippen LogP contribution in [-0.2, 0) is 24.5 Å². The molecule has 0 saturated carbocycles. The van der Waals surface area contributed by atoms with Gasteiger partial charge in [0.25, 0.3) is 0 Å². The first-order valence-electron chi connectivity index (χ1n) is 5.85. The number of aromatic nitrogens is 2. The number of nitrogens with zero attached hydrogens (tertiary/aromatic N) is 2. The molecule has 1 fully saturated rings. The first-order valence-corrected chi connectivity index (χ1v) is 7.00. The van der Waals surface area contributed by atoms with Crippen LogP contribution in [0.3, 0.4) is 0 Å². The highest BCUT2D eigenvalue weighted by molar-refractivity contribution is 7.99. The van der Waals surface area contributed by atoms with E-state index in [9.17, 15) is 0 Å². The largest absolute Gasteiger partial charge is 0.370 e. The van der Waals surface area contributed by atoms with E-state index >= 15 is 0 Å². The van der Waals surface area contributed by atoms with E-state index in [1.807, 2.05) is 11.8 Å². The summed E-state index contributed by atoms with van der Waals surface area (Å²) in [6, 6.07) is 0.561. The quantitative estimate of drug-likeness (QED) is 0.848. The molecule has 3 heterocycles. The Bertz CT molecular complexity index is 385. The van der Waals surface area contributed by atoms with Gasteiger partial charge >= 0.3 is 0 Å². The van der Waals surface area contributed by atoms with Gasteiger partial charge in [-0.05, 0) is 24.3 Å². The number of thioether (sulfide) groups is 1. The molecule has 0 atom stereocenters. The molecule has 3 rings (SSSR count). The number of ether oxygens (including phenoxy) is 1. The standard InChI is InChI=1S/C11H17N3OS/c12-5-11-9-6-15-7-10(9)13-14(11)8-1-3-16-4-2-8/h8H,1-7,12H2. The zero-order valence-corrected chi connectivity index (χ0v) is 10.1. The maximum absolute atomic E-state index is 5.85. The van der Waals surface area contributed by atoms with E-state index in [2.05, 4.69) is 9.78 Å². The second kappa shape index (κ2) is 4.39. The Kier molecular flexibility index (Phi) is 2.91. The average molecular weight is 239 g/mol. The molecule has 5 heteroatoms. The lowest BCUT2D eigenvalue weighted by molar-refractivity contribution is 0.129. The molecule has 2 N–H and O–H groups in total. The van der Waals surface area contributed by atoms with E-state index in [4.69, 9.17) is 10.5 Å². The molecule has 0 unspecified atom stereocenters. The molecule has 4 nitrogen and oxygen atoms in total. The summed E-state index contributed by atoms with van der Waals surface area (Å²) in [4.78, 5) is 0. The van der Waals surface area contributed by atoms with Crippen LogP contribution in [0.25, 0.3) is 0 Å². The van der Waals surface area contributed by atoms with Crippen LogP contribution < -0.4 is 5.73 Å². The van der Waals surface area contributed by atoms with Crippen LogP contribution in [0.4, 0.5) is 0 Å². The molecule has 0 spiro atoms. The molecule has 0 aliphatic carbocycles. The molecule has 2 aliphatic heterocycles. The average Bonchev–Trinajstić information content (AvgIpc) is 2.89. The summed E-state index contributed by atoms with van der Waals surface area (Å²) in [7, 11) is 0. The molecule has 0 amide bonds. The Morgan fingerprint density at radius 1 is 1.38 bits per heavy atom. The molecule has 0 aromatic carbocycles. The first kappa shape index (κ1) is 10.6. The predicted molar refractivity (Wildman–Crippen MR) is 64.2 cm³/mol. The summed E-state index contributed by atoms with van der Waals surface area (Å²) >= 11 is 2.04. The van der Waals surface area contributed by atoms with Crippen molar-refractivity contribution in [3.63, 3.8) is 0 Å². The SMILES string of the molecule is NCc1c2c(nn1C1CCSCC1)COC2. The third-order valence-electron chi connectivity index (χ3n) is 3.42. The van der Waals surface area contributed by atoms with Gasteiger partial charge in [0.05, 0.1) is 30.6 Å². The zero-order chi connectivity index (χ0) is 11.0. The van der Waals surface area contributed by atoms with Crippen molar-refractivity contribution >= 4 is 11.8 Å². The van der Waals surface area contributed by atoms with Crippen LogP contribution >= 0.6 is 11.8 Å². The normalized spacial score (nSPS) is 21.3. The highest BCUT2D eigenvalue weighted by atomic mass is 32.2. The Labute approximate surface area is 99.5 Å². The summed E-state index contributed by atoms with van der Waals surface area (Å²) in [5, 5.41) is 4.69. The maximum atomic E-state index is 5.85. The van der Waals surface area contributed by atoms with Gasteiger partial charge in [-0.2, -0.15) is 16.9 Å². The molecule has 1 saturated heterocycles. The van der Waals surface area contributed by atoms with Crippen LogP contribution in [0.5, 0.6) is 0 Å². The Balaban J connectivity index is 1.93. The molecular weight excluding hydrogens is 222 g/mol. The molecule has 0 radical (unpaired) electrons. The highest BCUT2D eigenvalue weighted by Crippen LogP contribution is 2.31. The number of nitrogens with two attached hydrogens (primary N) is 1. The zero-order valence-electron chi connectivity index (χ0n) is 9.32. The van der Waals surface area contributed by atoms with Crippen molar-refractivity contribution in [2.45, 2.75) is 38.6 Å². The fraction of sp³-hybridized carbons (Fsp3) is 0.727. The second-order valence-corrected chi connectivity index (χ2v) is 5.58. The topological polar surface area (TPSA) is 53.1 Å². The number of fused-ring (bicyclic) bond motifs is 1. The molecule has 0 bridgehead atoms. The van der Waals surface area contributed by atoms with E-state index in [-0.39, 0.29) is 0 Å². The van der Waals surface area contributed by atoms with Gasteiger partial charge in [-0.3, -0.25) is 4.68 Å². The van der Waals surface area contributed by atoms with Crippen molar-refractivity contribution in [1.29, 1.82) is 0 Å². The van der Waals surface area contributed by atoms with Gasteiger partial charge in [0.1, 0.15) is 0 Å². The van der Waals surface area contributed by atoms with Gasteiger partial charge in [-0.15, -0.1) is 0 Å². The van der Waals surface area contributed by atoms with Gasteiger partial charge in [-0.1, -0.05) is 0 Å². The lowest BCUT2D eigenvalue weighted by Gasteiger charge is -2.24. The third-order valence-corrected chi connectivity index (χ3v) is 4.47. The number of hydrogen-bond donors (Lipinski definition) is 1. The minimum atomic E-state index is 0.561. The lowest BCUT2D eigenvalue weighted by Crippen LogP contribution is -2.20. The van der Waals surface area contributed by atoms with Gasteiger partial charge in [0.15, 0.2) is 0 Å². The first-order chi connectivity index (χ1) is 7.90. The smallest absolute Gasteiger partial charge is 0.0940 e. The molecule has 88 valence electrons. The Morgan fingerprint density at radius 2 is 2.19 bits per heavy atom.